The number of amides is 2. The summed E-state index contributed by atoms with van der Waals surface area (Å²) in [5, 5.41) is 14.2. The number of nitrogens with one attached hydrogen (secondary N) is 2. The Morgan fingerprint density at radius 1 is 1.00 bits per heavy atom. The molecule has 21 heavy (non-hydrogen) atoms. The van der Waals surface area contributed by atoms with Crippen molar-refractivity contribution in [2.24, 2.45) is 0 Å². The average Bonchev–Trinajstić information content (AvgIpc) is 2.45. The quantitative estimate of drug-likeness (QED) is 0.891. The van der Waals surface area contributed by atoms with Gasteiger partial charge in [0.05, 0.1) is 12.5 Å². The summed E-state index contributed by atoms with van der Waals surface area (Å²) in [7, 11) is 0. The first-order chi connectivity index (χ1) is 10.1. The van der Waals surface area contributed by atoms with E-state index in [1.165, 1.54) is 5.56 Å². The monoisotopic (exact) mass is 279 g/mol. The standard InChI is InChI=1S/C17H17N3O/c1-12-3-6-16(11-13(12)2)20-17(21)19-15-7-4-14(5-8-15)9-10-18/h3-8,11H,9H2,1-2H3,(H2,19,20,21). The van der Waals surface area contributed by atoms with Crippen LogP contribution in [0.15, 0.2) is 42.5 Å². The molecule has 2 amide bonds. The SMILES string of the molecule is Cc1ccc(NC(=O)Nc2ccc(CC#N)cc2)cc1C. The van der Waals surface area contributed by atoms with Gasteiger partial charge in [0.15, 0.2) is 0 Å². The van der Waals surface area contributed by atoms with Crippen molar-refractivity contribution >= 4 is 17.4 Å². The highest BCUT2D eigenvalue weighted by molar-refractivity contribution is 5.99. The van der Waals surface area contributed by atoms with Crippen LogP contribution in [0.25, 0.3) is 0 Å². The topological polar surface area (TPSA) is 64.9 Å². The van der Waals surface area contributed by atoms with E-state index in [2.05, 4.69) is 16.7 Å². The van der Waals surface area contributed by atoms with E-state index in [0.717, 1.165) is 16.8 Å². The molecular weight excluding hydrogens is 262 g/mol. The van der Waals surface area contributed by atoms with Gasteiger partial charge in [-0.15, -0.1) is 0 Å². The first-order valence-electron chi connectivity index (χ1n) is 6.69. The molecule has 106 valence electrons. The molecule has 0 bridgehead atoms. The van der Waals surface area contributed by atoms with Crippen LogP contribution in [0.5, 0.6) is 0 Å². The van der Waals surface area contributed by atoms with Crippen molar-refractivity contribution < 1.29 is 4.79 Å². The van der Waals surface area contributed by atoms with Crippen molar-refractivity contribution in [3.8, 4) is 6.07 Å². The van der Waals surface area contributed by atoms with Crippen molar-refractivity contribution in [3.63, 3.8) is 0 Å². The first kappa shape index (κ1) is 14.6. The predicted octanol–water partition coefficient (Wildman–Crippen LogP) is 4.01. The van der Waals surface area contributed by atoms with Gasteiger partial charge in [-0.05, 0) is 54.8 Å². The zero-order valence-electron chi connectivity index (χ0n) is 12.1. The minimum atomic E-state index is -0.286. The molecule has 2 aromatic carbocycles. The minimum absolute atomic E-state index is 0.286. The van der Waals surface area contributed by atoms with Gasteiger partial charge in [-0.1, -0.05) is 18.2 Å². The maximum atomic E-state index is 11.9. The molecule has 2 rings (SSSR count). The van der Waals surface area contributed by atoms with E-state index in [0.29, 0.717) is 12.1 Å². The number of hydrogen-bond acceptors (Lipinski definition) is 2. The average molecular weight is 279 g/mol. The third kappa shape index (κ3) is 4.08. The van der Waals surface area contributed by atoms with E-state index in [4.69, 9.17) is 5.26 Å². The molecule has 0 atom stereocenters. The van der Waals surface area contributed by atoms with E-state index in [1.807, 2.05) is 44.2 Å². The number of aryl methyl sites for hydroxylation is 2. The highest BCUT2D eigenvalue weighted by Crippen LogP contribution is 2.15. The molecule has 0 spiro atoms. The summed E-state index contributed by atoms with van der Waals surface area (Å²) >= 11 is 0. The molecule has 2 N–H and O–H groups in total. The van der Waals surface area contributed by atoms with E-state index >= 15 is 0 Å². The Morgan fingerprint density at radius 2 is 1.62 bits per heavy atom. The lowest BCUT2D eigenvalue weighted by atomic mass is 10.1. The van der Waals surface area contributed by atoms with Crippen molar-refractivity contribution in [2.75, 3.05) is 10.6 Å². The molecule has 2 aromatic rings. The second kappa shape index (κ2) is 6.58. The highest BCUT2D eigenvalue weighted by Gasteiger charge is 2.03. The van der Waals surface area contributed by atoms with E-state index < -0.39 is 0 Å². The van der Waals surface area contributed by atoms with Crippen LogP contribution in [-0.4, -0.2) is 6.03 Å². The molecule has 0 aliphatic carbocycles. The van der Waals surface area contributed by atoms with Gasteiger partial charge in [0.1, 0.15) is 0 Å². The number of hydrogen-bond donors (Lipinski definition) is 2. The molecule has 0 aromatic heterocycles. The van der Waals surface area contributed by atoms with Crippen LogP contribution in [0.1, 0.15) is 16.7 Å². The zero-order valence-corrected chi connectivity index (χ0v) is 12.1. The first-order valence-corrected chi connectivity index (χ1v) is 6.69. The molecule has 0 saturated heterocycles. The Hall–Kier alpha value is -2.80. The number of anilines is 2. The Balaban J connectivity index is 1.98. The largest absolute Gasteiger partial charge is 0.323 e. The molecule has 0 aliphatic rings. The highest BCUT2D eigenvalue weighted by atomic mass is 16.2. The van der Waals surface area contributed by atoms with Gasteiger partial charge in [-0.25, -0.2) is 4.79 Å². The number of rotatable bonds is 3. The molecule has 0 saturated carbocycles. The molecule has 4 heteroatoms. The summed E-state index contributed by atoms with van der Waals surface area (Å²) in [6.45, 7) is 4.04. The van der Waals surface area contributed by atoms with Gasteiger partial charge in [-0.2, -0.15) is 5.26 Å². The third-order valence-corrected chi connectivity index (χ3v) is 3.26. The van der Waals surface area contributed by atoms with Crippen LogP contribution in [0, 0.1) is 25.2 Å². The minimum Gasteiger partial charge on any atom is -0.308 e. The van der Waals surface area contributed by atoms with Gasteiger partial charge in [0.25, 0.3) is 0 Å². The van der Waals surface area contributed by atoms with Gasteiger partial charge in [-0.3, -0.25) is 0 Å². The van der Waals surface area contributed by atoms with Crippen molar-refractivity contribution in [1.82, 2.24) is 0 Å². The lowest BCUT2D eigenvalue weighted by Crippen LogP contribution is -2.19. The molecule has 0 heterocycles. The summed E-state index contributed by atoms with van der Waals surface area (Å²) in [5.74, 6) is 0. The van der Waals surface area contributed by atoms with Crippen LogP contribution in [-0.2, 0) is 6.42 Å². The molecule has 0 fully saturated rings. The summed E-state index contributed by atoms with van der Waals surface area (Å²) in [5.41, 5.74) is 4.70. The maximum Gasteiger partial charge on any atom is 0.323 e. The van der Waals surface area contributed by atoms with Crippen LogP contribution in [0.2, 0.25) is 0 Å². The normalized spacial score (nSPS) is 9.76. The number of benzene rings is 2. The maximum absolute atomic E-state index is 11.9. The van der Waals surface area contributed by atoms with Crippen molar-refractivity contribution in [2.45, 2.75) is 20.3 Å². The lowest BCUT2D eigenvalue weighted by Gasteiger charge is -2.09. The second-order valence-electron chi connectivity index (χ2n) is 4.91. The lowest BCUT2D eigenvalue weighted by molar-refractivity contribution is 0.262. The summed E-state index contributed by atoms with van der Waals surface area (Å²) in [4.78, 5) is 11.9. The third-order valence-electron chi connectivity index (χ3n) is 3.26. The fourth-order valence-corrected chi connectivity index (χ4v) is 1.91. The van der Waals surface area contributed by atoms with Crippen molar-refractivity contribution in [3.05, 3.63) is 59.2 Å². The zero-order chi connectivity index (χ0) is 15.2. The number of urea groups is 1. The molecule has 0 radical (unpaired) electrons. The Kier molecular flexibility index (Phi) is 4.57. The fourth-order valence-electron chi connectivity index (χ4n) is 1.91. The van der Waals surface area contributed by atoms with Crippen LogP contribution < -0.4 is 10.6 Å². The smallest absolute Gasteiger partial charge is 0.308 e. The van der Waals surface area contributed by atoms with Crippen LogP contribution in [0.4, 0.5) is 16.2 Å². The second-order valence-corrected chi connectivity index (χ2v) is 4.91. The predicted molar refractivity (Wildman–Crippen MR) is 84.3 cm³/mol. The summed E-state index contributed by atoms with van der Waals surface area (Å²) < 4.78 is 0. The molecule has 0 unspecified atom stereocenters. The fraction of sp³-hybridized carbons (Fsp3) is 0.176. The number of nitrogens with zero attached hydrogens (tertiary/aromatic N) is 1. The Bertz CT molecular complexity index is 684. The van der Waals surface area contributed by atoms with Gasteiger partial charge in [0, 0.05) is 11.4 Å². The van der Waals surface area contributed by atoms with E-state index in [1.54, 1.807) is 12.1 Å². The van der Waals surface area contributed by atoms with Gasteiger partial charge < -0.3 is 10.6 Å². The molecule has 0 aliphatic heterocycles. The number of carbonyl (C=O) groups excluding carboxylic acids is 1. The molecular formula is C17H17N3O. The van der Waals surface area contributed by atoms with Crippen LogP contribution in [0.3, 0.4) is 0 Å². The molecule has 4 nitrogen and oxygen atoms in total. The van der Waals surface area contributed by atoms with Crippen molar-refractivity contribution in [1.29, 1.82) is 5.26 Å². The Morgan fingerprint density at radius 3 is 2.24 bits per heavy atom. The van der Waals surface area contributed by atoms with E-state index in [9.17, 15) is 4.79 Å². The number of carbonyl (C=O) groups is 1. The van der Waals surface area contributed by atoms with E-state index in [-0.39, 0.29) is 6.03 Å². The van der Waals surface area contributed by atoms with Gasteiger partial charge in [0.2, 0.25) is 0 Å². The Labute approximate surface area is 124 Å². The summed E-state index contributed by atoms with van der Waals surface area (Å²) in [6.07, 6.45) is 0.370. The van der Waals surface area contributed by atoms with Crippen LogP contribution >= 0.6 is 0 Å². The van der Waals surface area contributed by atoms with Gasteiger partial charge >= 0.3 is 6.03 Å². The number of nitriles is 1. The summed E-state index contributed by atoms with van der Waals surface area (Å²) in [6, 6.07) is 14.8.